The van der Waals surface area contributed by atoms with Crippen molar-refractivity contribution in [3.63, 3.8) is 0 Å². The molecule has 1 atom stereocenters. The Morgan fingerprint density at radius 2 is 2.12 bits per heavy atom. The smallest absolute Gasteiger partial charge is 0.0992 e. The summed E-state index contributed by atoms with van der Waals surface area (Å²) in [4.78, 5) is 6.68. The molecule has 0 bridgehead atoms. The summed E-state index contributed by atoms with van der Waals surface area (Å²) in [6.07, 6.45) is 5.94. The summed E-state index contributed by atoms with van der Waals surface area (Å²) < 4.78 is 2.09. The van der Waals surface area contributed by atoms with Gasteiger partial charge in [-0.05, 0) is 18.6 Å². The molecule has 0 aromatic carbocycles. The first-order valence-corrected chi connectivity index (χ1v) is 6.21. The molecule has 1 aliphatic rings. The van der Waals surface area contributed by atoms with Gasteiger partial charge in [-0.1, -0.05) is 6.07 Å². The summed E-state index contributed by atoms with van der Waals surface area (Å²) in [5, 5.41) is 3.39. The van der Waals surface area contributed by atoms with Crippen LogP contribution in [0.25, 0.3) is 5.52 Å². The molecule has 0 radical (unpaired) electrons. The third-order valence-electron chi connectivity index (χ3n) is 3.61. The van der Waals surface area contributed by atoms with Crippen molar-refractivity contribution in [3.8, 4) is 0 Å². The van der Waals surface area contributed by atoms with Crippen molar-refractivity contribution >= 4 is 5.52 Å². The lowest BCUT2D eigenvalue weighted by molar-refractivity contribution is 0.185. The van der Waals surface area contributed by atoms with Crippen LogP contribution in [0.3, 0.4) is 0 Å². The fourth-order valence-electron chi connectivity index (χ4n) is 2.46. The average molecular weight is 230 g/mol. The zero-order valence-corrected chi connectivity index (χ0v) is 10.1. The summed E-state index contributed by atoms with van der Waals surface area (Å²) in [7, 11) is 0. The van der Waals surface area contributed by atoms with Crippen LogP contribution in [0.15, 0.2) is 30.9 Å². The molecule has 0 aliphatic carbocycles. The Hall–Kier alpha value is -1.39. The molecule has 0 saturated carbocycles. The number of rotatable bonds is 2. The minimum Gasteiger partial charge on any atom is -0.314 e. The molecule has 1 saturated heterocycles. The predicted octanol–water partition coefficient (Wildman–Crippen LogP) is 1.30. The predicted molar refractivity (Wildman–Crippen MR) is 68.0 cm³/mol. The van der Waals surface area contributed by atoms with E-state index < -0.39 is 0 Å². The number of nitrogens with one attached hydrogen (secondary N) is 1. The number of aromatic nitrogens is 2. The molecule has 2 aromatic rings. The van der Waals surface area contributed by atoms with Crippen molar-refractivity contribution in [2.45, 2.75) is 13.0 Å². The SMILES string of the molecule is CC(c1ccc2cncn2c1)N1CCNCC1. The van der Waals surface area contributed by atoms with Crippen LogP contribution in [0.1, 0.15) is 18.5 Å². The minimum atomic E-state index is 0.476. The van der Waals surface area contributed by atoms with E-state index in [9.17, 15) is 0 Å². The highest BCUT2D eigenvalue weighted by molar-refractivity contribution is 5.45. The molecule has 1 N–H and O–H groups in total. The second-order valence-electron chi connectivity index (χ2n) is 4.65. The zero-order chi connectivity index (χ0) is 11.7. The molecule has 90 valence electrons. The molecular formula is C13H18N4. The molecule has 1 fully saturated rings. The van der Waals surface area contributed by atoms with Crippen molar-refractivity contribution in [3.05, 3.63) is 36.4 Å². The maximum Gasteiger partial charge on any atom is 0.0992 e. The van der Waals surface area contributed by atoms with Crippen LogP contribution >= 0.6 is 0 Å². The maximum atomic E-state index is 4.15. The second-order valence-corrected chi connectivity index (χ2v) is 4.65. The van der Waals surface area contributed by atoms with Crippen LogP contribution in [0, 0.1) is 0 Å². The standard InChI is InChI=1S/C13H18N4/c1-11(16-6-4-14-5-7-16)12-2-3-13-8-15-10-17(13)9-12/h2-3,8-11,14H,4-7H2,1H3. The molecule has 3 rings (SSSR count). The quantitative estimate of drug-likeness (QED) is 0.844. The van der Waals surface area contributed by atoms with E-state index in [1.54, 1.807) is 0 Å². The van der Waals surface area contributed by atoms with Crippen molar-refractivity contribution in [2.24, 2.45) is 0 Å². The van der Waals surface area contributed by atoms with E-state index in [4.69, 9.17) is 0 Å². The molecule has 17 heavy (non-hydrogen) atoms. The largest absolute Gasteiger partial charge is 0.314 e. The normalized spacial score (nSPS) is 19.6. The van der Waals surface area contributed by atoms with Crippen molar-refractivity contribution in [1.29, 1.82) is 0 Å². The minimum absolute atomic E-state index is 0.476. The van der Waals surface area contributed by atoms with E-state index in [1.807, 2.05) is 12.5 Å². The summed E-state index contributed by atoms with van der Waals surface area (Å²) >= 11 is 0. The topological polar surface area (TPSA) is 32.6 Å². The lowest BCUT2D eigenvalue weighted by Gasteiger charge is -2.33. The van der Waals surface area contributed by atoms with Crippen molar-refractivity contribution < 1.29 is 0 Å². The molecule has 4 nitrogen and oxygen atoms in total. The summed E-state index contributed by atoms with van der Waals surface area (Å²) in [5.41, 5.74) is 2.51. The number of nitrogens with zero attached hydrogens (tertiary/aromatic N) is 3. The first-order valence-electron chi connectivity index (χ1n) is 6.21. The number of hydrogen-bond acceptors (Lipinski definition) is 3. The van der Waals surface area contributed by atoms with E-state index in [1.165, 1.54) is 5.56 Å². The highest BCUT2D eigenvalue weighted by atomic mass is 15.2. The Balaban J connectivity index is 1.86. The van der Waals surface area contributed by atoms with Gasteiger partial charge in [0.2, 0.25) is 0 Å². The summed E-state index contributed by atoms with van der Waals surface area (Å²) in [6.45, 7) is 6.73. The fourth-order valence-corrected chi connectivity index (χ4v) is 2.46. The van der Waals surface area contributed by atoms with Gasteiger partial charge in [-0.25, -0.2) is 4.98 Å². The number of piperazine rings is 1. The Morgan fingerprint density at radius 1 is 1.29 bits per heavy atom. The average Bonchev–Trinajstić information content (AvgIpc) is 2.86. The van der Waals surface area contributed by atoms with Crippen LogP contribution in [-0.2, 0) is 0 Å². The lowest BCUT2D eigenvalue weighted by atomic mass is 10.1. The maximum absolute atomic E-state index is 4.15. The molecule has 1 unspecified atom stereocenters. The Morgan fingerprint density at radius 3 is 2.94 bits per heavy atom. The van der Waals surface area contributed by atoms with Crippen molar-refractivity contribution in [2.75, 3.05) is 26.2 Å². The van der Waals surface area contributed by atoms with Gasteiger partial charge in [0.05, 0.1) is 18.0 Å². The first-order chi connectivity index (χ1) is 8.34. The molecule has 4 heteroatoms. The zero-order valence-electron chi connectivity index (χ0n) is 10.1. The highest BCUT2D eigenvalue weighted by Crippen LogP contribution is 2.20. The Kier molecular flexibility index (Phi) is 2.82. The van der Waals surface area contributed by atoms with Gasteiger partial charge in [0.25, 0.3) is 0 Å². The van der Waals surface area contributed by atoms with Crippen molar-refractivity contribution in [1.82, 2.24) is 19.6 Å². The molecule has 1 aliphatic heterocycles. The van der Waals surface area contributed by atoms with Gasteiger partial charge in [0.1, 0.15) is 0 Å². The monoisotopic (exact) mass is 230 g/mol. The van der Waals surface area contributed by atoms with E-state index >= 15 is 0 Å². The van der Waals surface area contributed by atoms with E-state index in [-0.39, 0.29) is 0 Å². The number of hydrogen-bond donors (Lipinski definition) is 1. The Bertz CT molecular complexity index is 499. The van der Waals surface area contributed by atoms with E-state index in [0.717, 1.165) is 31.7 Å². The van der Waals surface area contributed by atoms with Crippen LogP contribution in [0.4, 0.5) is 0 Å². The van der Waals surface area contributed by atoms with Gasteiger partial charge >= 0.3 is 0 Å². The number of fused-ring (bicyclic) bond motifs is 1. The van der Waals surface area contributed by atoms with Crippen LogP contribution in [-0.4, -0.2) is 40.5 Å². The van der Waals surface area contributed by atoms with Gasteiger partial charge in [-0.2, -0.15) is 0 Å². The first kappa shape index (κ1) is 10.7. The van der Waals surface area contributed by atoms with Crippen LogP contribution in [0.2, 0.25) is 0 Å². The van der Waals surface area contributed by atoms with E-state index in [2.05, 4.69) is 44.9 Å². The Labute approximate surface area is 101 Å². The number of imidazole rings is 1. The lowest BCUT2D eigenvalue weighted by Crippen LogP contribution is -2.44. The van der Waals surface area contributed by atoms with Gasteiger partial charge in [0.15, 0.2) is 0 Å². The van der Waals surface area contributed by atoms with Gasteiger partial charge in [-0.15, -0.1) is 0 Å². The summed E-state index contributed by atoms with van der Waals surface area (Å²) in [6, 6.07) is 4.83. The van der Waals surface area contributed by atoms with Crippen LogP contribution < -0.4 is 5.32 Å². The molecule has 0 amide bonds. The van der Waals surface area contributed by atoms with Crippen LogP contribution in [0.5, 0.6) is 0 Å². The second kappa shape index (κ2) is 4.47. The molecule has 0 spiro atoms. The van der Waals surface area contributed by atoms with Gasteiger partial charge in [0, 0.05) is 38.4 Å². The number of pyridine rings is 1. The third kappa shape index (κ3) is 2.06. The van der Waals surface area contributed by atoms with Gasteiger partial charge < -0.3 is 9.72 Å². The third-order valence-corrected chi connectivity index (χ3v) is 3.61. The highest BCUT2D eigenvalue weighted by Gasteiger charge is 2.17. The molecule has 3 heterocycles. The molecular weight excluding hydrogens is 212 g/mol. The summed E-state index contributed by atoms with van der Waals surface area (Å²) in [5.74, 6) is 0. The molecule has 2 aromatic heterocycles. The van der Waals surface area contributed by atoms with Gasteiger partial charge in [-0.3, -0.25) is 4.90 Å². The van der Waals surface area contributed by atoms with E-state index in [0.29, 0.717) is 6.04 Å². The fraction of sp³-hybridized carbons (Fsp3) is 0.462.